The lowest BCUT2D eigenvalue weighted by Gasteiger charge is -2.17. The molecule has 0 saturated heterocycles. The van der Waals surface area contributed by atoms with Crippen LogP contribution in [0.4, 0.5) is 20.2 Å². The Morgan fingerprint density at radius 2 is 1.54 bits per heavy atom. The van der Waals surface area contributed by atoms with Crippen LogP contribution in [-0.2, 0) is 9.59 Å². The molecule has 2 aromatic rings. The zero-order valence-corrected chi connectivity index (χ0v) is 16.8. The molecule has 0 saturated carbocycles. The number of alkyl halides is 2. The molecular weight excluding hydrogens is 384 g/mol. The van der Waals surface area contributed by atoms with Crippen molar-refractivity contribution in [2.45, 2.75) is 24.5 Å². The highest BCUT2D eigenvalue weighted by atomic mass is 32.2. The molecule has 28 heavy (non-hydrogen) atoms. The molecule has 0 radical (unpaired) electrons. The van der Waals surface area contributed by atoms with Gasteiger partial charge in [0.15, 0.2) is 0 Å². The Kier molecular flexibility index (Phi) is 7.95. The number of aryl methyl sites for hydroxylation is 1. The SMILES string of the molecule is Cc1cccc(NC(=O)CN(C)CC(=O)Nc2ccccc2SC(F)F)c1C. The summed E-state index contributed by atoms with van der Waals surface area (Å²) in [5.74, 6) is -3.20. The van der Waals surface area contributed by atoms with Crippen molar-refractivity contribution in [1.82, 2.24) is 4.90 Å². The summed E-state index contributed by atoms with van der Waals surface area (Å²) in [6, 6.07) is 12.0. The minimum absolute atomic E-state index is 0.0221. The number of halogens is 2. The van der Waals surface area contributed by atoms with E-state index in [2.05, 4.69) is 10.6 Å². The van der Waals surface area contributed by atoms with E-state index in [-0.39, 0.29) is 24.9 Å². The third kappa shape index (κ3) is 6.61. The molecular formula is C20H23F2N3O2S. The molecule has 8 heteroatoms. The largest absolute Gasteiger partial charge is 0.325 e. The summed E-state index contributed by atoms with van der Waals surface area (Å²) in [5.41, 5.74) is 3.13. The Labute approximate surface area is 167 Å². The van der Waals surface area contributed by atoms with Crippen molar-refractivity contribution in [2.24, 2.45) is 0 Å². The topological polar surface area (TPSA) is 61.4 Å². The van der Waals surface area contributed by atoms with E-state index in [9.17, 15) is 18.4 Å². The summed E-state index contributed by atoms with van der Waals surface area (Å²) in [6.07, 6.45) is 0. The molecule has 0 aliphatic heterocycles. The van der Waals surface area contributed by atoms with Gasteiger partial charge in [-0.2, -0.15) is 8.78 Å². The molecule has 0 aliphatic carbocycles. The van der Waals surface area contributed by atoms with Crippen LogP contribution in [0.1, 0.15) is 11.1 Å². The standard InChI is InChI=1S/C20H23F2N3O2S/c1-13-7-6-9-15(14(13)2)23-18(26)11-25(3)12-19(27)24-16-8-4-5-10-17(16)28-20(21)22/h4-10,20H,11-12H2,1-3H3,(H,23,26)(H,24,27). The first-order valence-electron chi connectivity index (χ1n) is 8.64. The van der Waals surface area contributed by atoms with Crippen LogP contribution in [0.5, 0.6) is 0 Å². The first-order valence-corrected chi connectivity index (χ1v) is 9.52. The van der Waals surface area contributed by atoms with Crippen LogP contribution in [0.15, 0.2) is 47.4 Å². The van der Waals surface area contributed by atoms with Crippen molar-refractivity contribution in [3.63, 3.8) is 0 Å². The fourth-order valence-electron chi connectivity index (χ4n) is 2.58. The Hall–Kier alpha value is -2.45. The quantitative estimate of drug-likeness (QED) is 0.646. The van der Waals surface area contributed by atoms with Crippen molar-refractivity contribution in [1.29, 1.82) is 0 Å². The summed E-state index contributed by atoms with van der Waals surface area (Å²) >= 11 is 0.374. The Morgan fingerprint density at radius 1 is 0.964 bits per heavy atom. The summed E-state index contributed by atoms with van der Waals surface area (Å²) < 4.78 is 25.2. The molecule has 0 bridgehead atoms. The van der Waals surface area contributed by atoms with E-state index >= 15 is 0 Å². The van der Waals surface area contributed by atoms with E-state index < -0.39 is 5.76 Å². The normalized spacial score (nSPS) is 11.0. The molecule has 0 heterocycles. The van der Waals surface area contributed by atoms with E-state index in [1.807, 2.05) is 32.0 Å². The van der Waals surface area contributed by atoms with Gasteiger partial charge in [0.25, 0.3) is 5.76 Å². The Bertz CT molecular complexity index is 846. The fourth-order valence-corrected chi connectivity index (χ4v) is 3.18. The zero-order valence-electron chi connectivity index (χ0n) is 16.0. The van der Waals surface area contributed by atoms with Gasteiger partial charge in [-0.05, 0) is 50.2 Å². The molecule has 2 rings (SSSR count). The van der Waals surface area contributed by atoms with E-state index in [4.69, 9.17) is 0 Å². The monoisotopic (exact) mass is 407 g/mol. The van der Waals surface area contributed by atoms with Crippen molar-refractivity contribution in [3.8, 4) is 0 Å². The van der Waals surface area contributed by atoms with Crippen molar-refractivity contribution < 1.29 is 18.4 Å². The zero-order chi connectivity index (χ0) is 20.7. The number of rotatable bonds is 8. The number of hydrogen-bond acceptors (Lipinski definition) is 4. The first-order chi connectivity index (χ1) is 13.3. The summed E-state index contributed by atoms with van der Waals surface area (Å²) in [6.45, 7) is 3.87. The third-order valence-electron chi connectivity index (χ3n) is 4.08. The van der Waals surface area contributed by atoms with Gasteiger partial charge in [0.2, 0.25) is 11.8 Å². The summed E-state index contributed by atoms with van der Waals surface area (Å²) in [7, 11) is 1.64. The highest BCUT2D eigenvalue weighted by Gasteiger charge is 2.15. The van der Waals surface area contributed by atoms with Gasteiger partial charge in [-0.15, -0.1) is 0 Å². The molecule has 2 aromatic carbocycles. The van der Waals surface area contributed by atoms with Crippen molar-refractivity contribution in [3.05, 3.63) is 53.6 Å². The van der Waals surface area contributed by atoms with E-state index in [0.29, 0.717) is 22.3 Å². The molecule has 0 aliphatic rings. The molecule has 2 N–H and O–H groups in total. The van der Waals surface area contributed by atoms with Gasteiger partial charge in [0, 0.05) is 10.6 Å². The van der Waals surface area contributed by atoms with Gasteiger partial charge in [-0.1, -0.05) is 36.0 Å². The lowest BCUT2D eigenvalue weighted by Crippen LogP contribution is -2.36. The fraction of sp³-hybridized carbons (Fsp3) is 0.300. The number of hydrogen-bond donors (Lipinski definition) is 2. The molecule has 150 valence electrons. The van der Waals surface area contributed by atoms with Gasteiger partial charge in [0.05, 0.1) is 18.8 Å². The lowest BCUT2D eigenvalue weighted by molar-refractivity contribution is -0.119. The molecule has 2 amide bonds. The summed E-state index contributed by atoms with van der Waals surface area (Å²) in [4.78, 5) is 26.3. The summed E-state index contributed by atoms with van der Waals surface area (Å²) in [5, 5.41) is 5.46. The molecule has 0 atom stereocenters. The second kappa shape index (κ2) is 10.2. The number of amides is 2. The first kappa shape index (κ1) is 21.8. The number of carbonyl (C=O) groups is 2. The highest BCUT2D eigenvalue weighted by Crippen LogP contribution is 2.31. The molecule has 5 nitrogen and oxygen atoms in total. The van der Waals surface area contributed by atoms with E-state index in [1.165, 1.54) is 6.07 Å². The molecule has 0 fully saturated rings. The van der Waals surface area contributed by atoms with Crippen LogP contribution in [0.2, 0.25) is 0 Å². The van der Waals surface area contributed by atoms with Gasteiger partial charge < -0.3 is 10.6 Å². The molecule has 0 unspecified atom stereocenters. The maximum Gasteiger partial charge on any atom is 0.288 e. The number of benzene rings is 2. The number of anilines is 2. The predicted octanol–water partition coefficient (Wildman–Crippen LogP) is 4.13. The number of para-hydroxylation sites is 1. The number of thioether (sulfide) groups is 1. The minimum Gasteiger partial charge on any atom is -0.325 e. The van der Waals surface area contributed by atoms with E-state index in [0.717, 1.165) is 16.8 Å². The second-order valence-electron chi connectivity index (χ2n) is 6.39. The average molecular weight is 407 g/mol. The van der Waals surface area contributed by atoms with Gasteiger partial charge in [-0.3, -0.25) is 14.5 Å². The number of likely N-dealkylation sites (N-methyl/N-ethyl adjacent to an activating group) is 1. The van der Waals surface area contributed by atoms with Crippen LogP contribution in [0, 0.1) is 13.8 Å². The smallest absolute Gasteiger partial charge is 0.288 e. The predicted molar refractivity (Wildman–Crippen MR) is 109 cm³/mol. The number of nitrogens with one attached hydrogen (secondary N) is 2. The average Bonchev–Trinajstić information content (AvgIpc) is 2.60. The maximum atomic E-state index is 12.6. The lowest BCUT2D eigenvalue weighted by atomic mass is 10.1. The minimum atomic E-state index is -2.57. The van der Waals surface area contributed by atoms with Crippen LogP contribution < -0.4 is 10.6 Å². The van der Waals surface area contributed by atoms with Crippen LogP contribution in [0.3, 0.4) is 0 Å². The number of nitrogens with zero attached hydrogens (tertiary/aromatic N) is 1. The second-order valence-corrected chi connectivity index (χ2v) is 7.42. The third-order valence-corrected chi connectivity index (χ3v) is 4.87. The van der Waals surface area contributed by atoms with Gasteiger partial charge in [-0.25, -0.2) is 0 Å². The van der Waals surface area contributed by atoms with Gasteiger partial charge in [0.1, 0.15) is 0 Å². The number of carbonyl (C=O) groups excluding carboxylic acids is 2. The van der Waals surface area contributed by atoms with Crippen LogP contribution in [-0.4, -0.2) is 42.6 Å². The van der Waals surface area contributed by atoms with Gasteiger partial charge >= 0.3 is 0 Å². The van der Waals surface area contributed by atoms with Crippen LogP contribution >= 0.6 is 11.8 Å². The highest BCUT2D eigenvalue weighted by molar-refractivity contribution is 7.99. The molecule has 0 aromatic heterocycles. The van der Waals surface area contributed by atoms with Crippen LogP contribution in [0.25, 0.3) is 0 Å². The maximum absolute atomic E-state index is 12.6. The van der Waals surface area contributed by atoms with E-state index in [1.54, 1.807) is 30.1 Å². The van der Waals surface area contributed by atoms with Crippen molar-refractivity contribution in [2.75, 3.05) is 30.8 Å². The molecule has 0 spiro atoms. The Balaban J connectivity index is 1.89. The Morgan fingerprint density at radius 3 is 2.18 bits per heavy atom. The van der Waals surface area contributed by atoms with Crippen molar-refractivity contribution >= 4 is 35.0 Å².